The van der Waals surface area contributed by atoms with Crippen molar-refractivity contribution in [1.29, 1.82) is 0 Å². The molecule has 8 nitrogen and oxygen atoms in total. The summed E-state index contributed by atoms with van der Waals surface area (Å²) in [6.45, 7) is 1.76. The molecule has 0 aliphatic heterocycles. The summed E-state index contributed by atoms with van der Waals surface area (Å²) < 4.78 is 18.2. The predicted octanol–water partition coefficient (Wildman–Crippen LogP) is 3.74. The van der Waals surface area contributed by atoms with E-state index in [2.05, 4.69) is 14.1 Å². The Kier molecular flexibility index (Phi) is 9.40. The summed E-state index contributed by atoms with van der Waals surface area (Å²) in [7, 11) is 0.496. The lowest BCUT2D eigenvalue weighted by molar-refractivity contribution is -0.890. The Hall–Kier alpha value is -2.25. The van der Waals surface area contributed by atoms with Crippen LogP contribution in [0.5, 0.6) is 23.0 Å². The molecule has 0 saturated carbocycles. The highest BCUT2D eigenvalue weighted by Crippen LogP contribution is 2.42. The largest absolute Gasteiger partial charge is 0.504 e. The van der Waals surface area contributed by atoms with Crippen LogP contribution < -0.4 is 0 Å². The highest BCUT2D eigenvalue weighted by molar-refractivity contribution is 7.52. The maximum absolute atomic E-state index is 12.3. The van der Waals surface area contributed by atoms with Crippen molar-refractivity contribution in [2.24, 2.45) is 0 Å². The van der Waals surface area contributed by atoms with E-state index in [0.717, 1.165) is 37.1 Å². The number of nitrogens with zero attached hydrogens (tertiary/aromatic N) is 1. The number of rotatable bonds is 13. The molecule has 0 aliphatic carbocycles. The second-order valence-electron chi connectivity index (χ2n) is 8.78. The van der Waals surface area contributed by atoms with Crippen molar-refractivity contribution >= 4 is 7.60 Å². The number of aromatic hydroxyl groups is 4. The van der Waals surface area contributed by atoms with E-state index < -0.39 is 7.60 Å². The zero-order valence-corrected chi connectivity index (χ0v) is 19.7. The molecule has 9 heteroatoms. The summed E-state index contributed by atoms with van der Waals surface area (Å²) in [6.07, 6.45) is 3.42. The first-order chi connectivity index (χ1) is 15.0. The molecule has 2 aromatic rings. The SMILES string of the molecule is C[N+](C)(CCCc1ccc(O)c(O)c1)CCCP(=O)(O)OCCCc1ccc(O)c(O)c1. The fourth-order valence-electron chi connectivity index (χ4n) is 3.52. The van der Waals surface area contributed by atoms with Gasteiger partial charge in [0.2, 0.25) is 0 Å². The minimum Gasteiger partial charge on any atom is -0.504 e. The van der Waals surface area contributed by atoms with Gasteiger partial charge in [0.05, 0.1) is 40.0 Å². The van der Waals surface area contributed by atoms with Gasteiger partial charge in [-0.25, -0.2) is 0 Å². The van der Waals surface area contributed by atoms with Crippen LogP contribution in [-0.2, 0) is 21.9 Å². The van der Waals surface area contributed by atoms with Crippen molar-refractivity contribution in [3.8, 4) is 23.0 Å². The van der Waals surface area contributed by atoms with Crippen LogP contribution in [0.25, 0.3) is 0 Å². The van der Waals surface area contributed by atoms with Gasteiger partial charge in [0.1, 0.15) is 0 Å². The molecule has 0 heterocycles. The third-order valence-electron chi connectivity index (χ3n) is 5.42. The molecule has 0 aromatic heterocycles. The summed E-state index contributed by atoms with van der Waals surface area (Å²) in [5, 5.41) is 37.8. The summed E-state index contributed by atoms with van der Waals surface area (Å²) in [6, 6.07) is 9.42. The Labute approximate surface area is 189 Å². The number of phenols is 4. The lowest BCUT2D eigenvalue weighted by Crippen LogP contribution is -2.41. The standard InChI is InChI=1S/C23H34NO7P/c1-24(2,12-3-6-18-8-10-20(25)22(27)16-18)13-5-15-32(29,30)31-14-4-7-19-9-11-21(26)23(28)17-19/h8-11,16-17H,3-7,12-15H2,1-2H3,(H4-,25,26,27,28,29,30)/p+1. The number of quaternary nitrogens is 1. The van der Waals surface area contributed by atoms with Crippen LogP contribution in [-0.4, -0.2) is 69.8 Å². The molecule has 0 amide bonds. The van der Waals surface area contributed by atoms with Crippen molar-refractivity contribution in [2.45, 2.75) is 32.1 Å². The first-order valence-corrected chi connectivity index (χ1v) is 12.5. The fourth-order valence-corrected chi connectivity index (χ4v) is 4.60. The lowest BCUT2D eigenvalue weighted by atomic mass is 10.1. The van der Waals surface area contributed by atoms with Crippen LogP contribution >= 0.6 is 7.60 Å². The maximum Gasteiger partial charge on any atom is 0.328 e. The Morgan fingerprint density at radius 1 is 0.781 bits per heavy atom. The number of aryl methyl sites for hydroxylation is 2. The molecular weight excluding hydrogens is 433 g/mol. The zero-order valence-electron chi connectivity index (χ0n) is 18.8. The van der Waals surface area contributed by atoms with Crippen LogP contribution in [0.15, 0.2) is 36.4 Å². The molecule has 1 atom stereocenters. The average molecular weight is 469 g/mol. The minimum absolute atomic E-state index is 0.0977. The van der Waals surface area contributed by atoms with E-state index in [9.17, 15) is 29.9 Å². The Morgan fingerprint density at radius 2 is 1.28 bits per heavy atom. The molecule has 0 saturated heterocycles. The van der Waals surface area contributed by atoms with E-state index in [1.54, 1.807) is 18.2 Å². The molecule has 0 aliphatic rings. The van der Waals surface area contributed by atoms with E-state index in [-0.39, 0.29) is 35.8 Å². The van der Waals surface area contributed by atoms with Gasteiger partial charge in [-0.15, -0.1) is 0 Å². The van der Waals surface area contributed by atoms with Gasteiger partial charge in [0.15, 0.2) is 23.0 Å². The molecule has 178 valence electrons. The van der Waals surface area contributed by atoms with Crippen molar-refractivity contribution in [1.82, 2.24) is 0 Å². The maximum atomic E-state index is 12.3. The molecule has 2 aromatic carbocycles. The summed E-state index contributed by atoms with van der Waals surface area (Å²) in [5.41, 5.74) is 1.77. The second kappa shape index (κ2) is 11.6. The highest BCUT2D eigenvalue weighted by Gasteiger charge is 2.22. The first-order valence-electron chi connectivity index (χ1n) is 10.8. The van der Waals surface area contributed by atoms with E-state index in [1.165, 1.54) is 18.2 Å². The fraction of sp³-hybridized carbons (Fsp3) is 0.478. The van der Waals surface area contributed by atoms with Gasteiger partial charge < -0.3 is 34.3 Å². The number of hydrogen-bond donors (Lipinski definition) is 5. The molecule has 1 unspecified atom stereocenters. The van der Waals surface area contributed by atoms with E-state index in [4.69, 9.17) is 4.52 Å². The molecule has 0 spiro atoms. The Balaban J connectivity index is 1.64. The van der Waals surface area contributed by atoms with Crippen LogP contribution in [0, 0.1) is 0 Å². The third kappa shape index (κ3) is 9.09. The average Bonchev–Trinajstić information content (AvgIpc) is 2.70. The highest BCUT2D eigenvalue weighted by atomic mass is 31.2. The number of phenolic OH excluding ortho intramolecular Hbond substituents is 4. The van der Waals surface area contributed by atoms with Crippen molar-refractivity contribution < 1.29 is 38.9 Å². The van der Waals surface area contributed by atoms with Crippen LogP contribution in [0.3, 0.4) is 0 Å². The number of benzene rings is 2. The molecule has 5 N–H and O–H groups in total. The van der Waals surface area contributed by atoms with Gasteiger partial charge in [-0.1, -0.05) is 12.1 Å². The third-order valence-corrected chi connectivity index (χ3v) is 6.88. The topological polar surface area (TPSA) is 127 Å². The Morgan fingerprint density at radius 3 is 1.81 bits per heavy atom. The molecule has 0 bridgehead atoms. The molecule has 32 heavy (non-hydrogen) atoms. The van der Waals surface area contributed by atoms with Gasteiger partial charge >= 0.3 is 7.60 Å². The van der Waals surface area contributed by atoms with Gasteiger partial charge in [-0.05, 0) is 54.7 Å². The lowest BCUT2D eigenvalue weighted by Gasteiger charge is -2.30. The van der Waals surface area contributed by atoms with Crippen molar-refractivity contribution in [3.63, 3.8) is 0 Å². The smallest absolute Gasteiger partial charge is 0.328 e. The first kappa shape index (κ1) is 26.0. The number of hydrogen-bond acceptors (Lipinski definition) is 6. The molecule has 0 fully saturated rings. The van der Waals surface area contributed by atoms with E-state index >= 15 is 0 Å². The minimum atomic E-state index is -3.65. The van der Waals surface area contributed by atoms with Crippen LogP contribution in [0.2, 0.25) is 0 Å². The van der Waals surface area contributed by atoms with Gasteiger partial charge in [0.25, 0.3) is 0 Å². The van der Waals surface area contributed by atoms with Crippen molar-refractivity contribution in [3.05, 3.63) is 47.5 Å². The van der Waals surface area contributed by atoms with Gasteiger partial charge in [0, 0.05) is 12.8 Å². The second-order valence-corrected chi connectivity index (χ2v) is 10.8. The van der Waals surface area contributed by atoms with Crippen LogP contribution in [0.4, 0.5) is 0 Å². The van der Waals surface area contributed by atoms with E-state index in [0.29, 0.717) is 23.7 Å². The zero-order chi connectivity index (χ0) is 23.8. The monoisotopic (exact) mass is 468 g/mol. The van der Waals surface area contributed by atoms with Gasteiger partial charge in [-0.3, -0.25) is 4.57 Å². The molecular formula is C23H35NO7P+. The quantitative estimate of drug-likeness (QED) is 0.131. The summed E-state index contributed by atoms with van der Waals surface area (Å²) in [4.78, 5) is 10.1. The van der Waals surface area contributed by atoms with Crippen LogP contribution in [0.1, 0.15) is 30.4 Å². The summed E-state index contributed by atoms with van der Waals surface area (Å²) >= 11 is 0. The Bertz CT molecular complexity index is 933. The molecule has 0 radical (unpaired) electrons. The van der Waals surface area contributed by atoms with Crippen molar-refractivity contribution in [2.75, 3.05) is 40.0 Å². The van der Waals surface area contributed by atoms with Gasteiger partial charge in [-0.2, -0.15) is 0 Å². The summed E-state index contributed by atoms with van der Waals surface area (Å²) in [5.74, 6) is -0.597. The predicted molar refractivity (Wildman–Crippen MR) is 123 cm³/mol. The molecule has 2 rings (SSSR count). The van der Waals surface area contributed by atoms with E-state index in [1.807, 2.05) is 0 Å². The normalized spacial score (nSPS) is 13.7.